The Hall–Kier alpha value is -0.980. The maximum Gasteiger partial charge on any atom is 0.0995 e. The molecule has 1 heteroatoms. The third-order valence-electron chi connectivity index (χ3n) is 1.02. The summed E-state index contributed by atoms with van der Waals surface area (Å²) in [6.45, 7) is 9.27. The second-order valence-electron chi connectivity index (χ2n) is 2.15. The van der Waals surface area contributed by atoms with Crippen LogP contribution in [-0.2, 0) is 4.74 Å². The minimum Gasteiger partial charge on any atom is -0.501 e. The SMILES string of the molecule is C=CC/C(=C\C(=C)C)OC. The lowest BCUT2D eigenvalue weighted by Crippen LogP contribution is -1.84. The first kappa shape index (κ1) is 9.02. The van der Waals surface area contributed by atoms with E-state index in [4.69, 9.17) is 4.74 Å². The molecule has 0 aliphatic heterocycles. The molecule has 0 aliphatic rings. The highest BCUT2D eigenvalue weighted by Gasteiger charge is 1.90. The predicted molar refractivity (Wildman–Crippen MR) is 44.7 cm³/mol. The summed E-state index contributed by atoms with van der Waals surface area (Å²) in [5.41, 5.74) is 0.999. The van der Waals surface area contributed by atoms with Crippen LogP contribution in [0.2, 0.25) is 0 Å². The van der Waals surface area contributed by atoms with Gasteiger partial charge in [0.2, 0.25) is 0 Å². The van der Waals surface area contributed by atoms with Crippen LogP contribution in [0.25, 0.3) is 0 Å². The number of rotatable bonds is 4. The molecule has 0 radical (unpaired) electrons. The predicted octanol–water partition coefficient (Wildman–Crippen LogP) is 2.67. The molecular weight excluding hydrogens is 124 g/mol. The summed E-state index contributed by atoms with van der Waals surface area (Å²) in [4.78, 5) is 0. The Balaban J connectivity index is 4.03. The Morgan fingerprint density at radius 1 is 1.60 bits per heavy atom. The maximum atomic E-state index is 5.03. The van der Waals surface area contributed by atoms with Gasteiger partial charge < -0.3 is 4.74 Å². The lowest BCUT2D eigenvalue weighted by atomic mass is 10.2. The third-order valence-corrected chi connectivity index (χ3v) is 1.02. The van der Waals surface area contributed by atoms with Crippen LogP contribution in [0.4, 0.5) is 0 Å². The van der Waals surface area contributed by atoms with E-state index in [2.05, 4.69) is 13.2 Å². The van der Waals surface area contributed by atoms with Crippen molar-refractivity contribution in [1.29, 1.82) is 0 Å². The van der Waals surface area contributed by atoms with Crippen molar-refractivity contribution in [2.24, 2.45) is 0 Å². The van der Waals surface area contributed by atoms with Crippen LogP contribution in [0.3, 0.4) is 0 Å². The van der Waals surface area contributed by atoms with E-state index in [1.165, 1.54) is 0 Å². The van der Waals surface area contributed by atoms with Gasteiger partial charge in [-0.05, 0) is 13.0 Å². The van der Waals surface area contributed by atoms with Crippen molar-refractivity contribution in [2.75, 3.05) is 7.11 Å². The number of methoxy groups -OCH3 is 1. The van der Waals surface area contributed by atoms with E-state index in [1.54, 1.807) is 13.2 Å². The molecule has 0 heterocycles. The van der Waals surface area contributed by atoms with Gasteiger partial charge in [0.15, 0.2) is 0 Å². The molecule has 0 spiro atoms. The highest BCUT2D eigenvalue weighted by Crippen LogP contribution is 2.05. The topological polar surface area (TPSA) is 9.23 Å². The lowest BCUT2D eigenvalue weighted by Gasteiger charge is -2.01. The van der Waals surface area contributed by atoms with Gasteiger partial charge in [0.25, 0.3) is 0 Å². The van der Waals surface area contributed by atoms with Crippen LogP contribution in [0.5, 0.6) is 0 Å². The zero-order chi connectivity index (χ0) is 7.98. The Morgan fingerprint density at radius 2 is 2.20 bits per heavy atom. The molecule has 0 aliphatic carbocycles. The first-order valence-corrected chi connectivity index (χ1v) is 3.21. The van der Waals surface area contributed by atoms with Gasteiger partial charge in [-0.3, -0.25) is 0 Å². The first-order chi connectivity index (χ1) is 4.70. The second kappa shape index (κ2) is 4.86. The molecule has 0 saturated carbocycles. The van der Waals surface area contributed by atoms with Crippen LogP contribution < -0.4 is 0 Å². The average Bonchev–Trinajstić information content (AvgIpc) is 1.86. The summed E-state index contributed by atoms with van der Waals surface area (Å²) < 4.78 is 5.03. The summed E-state index contributed by atoms with van der Waals surface area (Å²) in [5.74, 6) is 0.905. The zero-order valence-corrected chi connectivity index (χ0v) is 6.68. The highest BCUT2D eigenvalue weighted by atomic mass is 16.5. The fourth-order valence-corrected chi connectivity index (χ4v) is 0.618. The Kier molecular flexibility index (Phi) is 4.38. The summed E-state index contributed by atoms with van der Waals surface area (Å²) in [6.07, 6.45) is 4.48. The molecule has 56 valence electrons. The van der Waals surface area contributed by atoms with Gasteiger partial charge in [0.05, 0.1) is 12.9 Å². The van der Waals surface area contributed by atoms with Gasteiger partial charge in [0, 0.05) is 6.42 Å². The van der Waals surface area contributed by atoms with Gasteiger partial charge in [-0.15, -0.1) is 6.58 Å². The molecule has 0 atom stereocenters. The molecule has 0 rings (SSSR count). The smallest absolute Gasteiger partial charge is 0.0995 e. The van der Waals surface area contributed by atoms with Crippen molar-refractivity contribution in [2.45, 2.75) is 13.3 Å². The number of allylic oxidation sites excluding steroid dienone is 3. The number of hydrogen-bond donors (Lipinski definition) is 0. The fraction of sp³-hybridized carbons (Fsp3) is 0.333. The second-order valence-corrected chi connectivity index (χ2v) is 2.15. The standard InChI is InChI=1S/C9H14O/c1-5-6-9(10-4)7-8(2)3/h5,7H,1-2,6H2,3-4H3/b9-7+. The van der Waals surface area contributed by atoms with E-state index in [0.717, 1.165) is 17.8 Å². The molecule has 0 saturated heterocycles. The molecule has 1 nitrogen and oxygen atoms in total. The van der Waals surface area contributed by atoms with E-state index in [1.807, 2.05) is 13.0 Å². The molecule has 10 heavy (non-hydrogen) atoms. The van der Waals surface area contributed by atoms with Crippen LogP contribution in [-0.4, -0.2) is 7.11 Å². The van der Waals surface area contributed by atoms with Crippen molar-refractivity contribution in [3.8, 4) is 0 Å². The first-order valence-electron chi connectivity index (χ1n) is 3.21. The van der Waals surface area contributed by atoms with E-state index < -0.39 is 0 Å². The van der Waals surface area contributed by atoms with E-state index in [9.17, 15) is 0 Å². The summed E-state index contributed by atoms with van der Waals surface area (Å²) in [6, 6.07) is 0. The van der Waals surface area contributed by atoms with Crippen LogP contribution in [0, 0.1) is 0 Å². The van der Waals surface area contributed by atoms with E-state index in [0.29, 0.717) is 0 Å². The molecule has 0 N–H and O–H groups in total. The molecule has 0 aromatic carbocycles. The molecule has 0 unspecified atom stereocenters. The van der Waals surface area contributed by atoms with Crippen molar-refractivity contribution in [1.82, 2.24) is 0 Å². The van der Waals surface area contributed by atoms with Crippen molar-refractivity contribution >= 4 is 0 Å². The molecule has 0 fully saturated rings. The largest absolute Gasteiger partial charge is 0.501 e. The summed E-state index contributed by atoms with van der Waals surface area (Å²) in [7, 11) is 1.65. The van der Waals surface area contributed by atoms with Crippen molar-refractivity contribution < 1.29 is 4.74 Å². The zero-order valence-electron chi connectivity index (χ0n) is 6.68. The normalized spacial score (nSPS) is 10.8. The lowest BCUT2D eigenvalue weighted by molar-refractivity contribution is 0.285. The Bertz CT molecular complexity index is 154. The molecular formula is C9H14O. The number of hydrogen-bond acceptors (Lipinski definition) is 1. The van der Waals surface area contributed by atoms with Crippen molar-refractivity contribution in [3.05, 3.63) is 36.6 Å². The summed E-state index contributed by atoms with van der Waals surface area (Å²) >= 11 is 0. The van der Waals surface area contributed by atoms with Crippen LogP contribution in [0.1, 0.15) is 13.3 Å². The van der Waals surface area contributed by atoms with Gasteiger partial charge in [0.1, 0.15) is 0 Å². The van der Waals surface area contributed by atoms with Gasteiger partial charge in [-0.1, -0.05) is 18.2 Å². The minimum atomic E-state index is 0.767. The van der Waals surface area contributed by atoms with Crippen molar-refractivity contribution in [3.63, 3.8) is 0 Å². The molecule has 0 amide bonds. The van der Waals surface area contributed by atoms with Gasteiger partial charge >= 0.3 is 0 Å². The Labute approximate surface area is 62.7 Å². The maximum absolute atomic E-state index is 5.03. The number of ether oxygens (including phenoxy) is 1. The Morgan fingerprint density at radius 3 is 2.50 bits per heavy atom. The monoisotopic (exact) mass is 138 g/mol. The quantitative estimate of drug-likeness (QED) is 0.329. The minimum absolute atomic E-state index is 0.767. The molecule has 0 aromatic rings. The van der Waals surface area contributed by atoms with Crippen LogP contribution in [0.15, 0.2) is 36.6 Å². The van der Waals surface area contributed by atoms with Crippen LogP contribution >= 0.6 is 0 Å². The van der Waals surface area contributed by atoms with Gasteiger partial charge in [-0.25, -0.2) is 0 Å². The molecule has 0 bridgehead atoms. The average molecular weight is 138 g/mol. The fourth-order valence-electron chi connectivity index (χ4n) is 0.618. The third kappa shape index (κ3) is 3.96. The van der Waals surface area contributed by atoms with Gasteiger partial charge in [-0.2, -0.15) is 0 Å². The van der Waals surface area contributed by atoms with E-state index in [-0.39, 0.29) is 0 Å². The summed E-state index contributed by atoms with van der Waals surface area (Å²) in [5, 5.41) is 0. The highest BCUT2D eigenvalue weighted by molar-refractivity contribution is 5.16. The van der Waals surface area contributed by atoms with E-state index >= 15 is 0 Å². The molecule has 0 aromatic heterocycles.